The molecule has 1 unspecified atom stereocenters. The van der Waals surface area contributed by atoms with Crippen LogP contribution < -0.4 is 5.32 Å². The number of halogens is 2. The molecule has 7 heteroatoms. The minimum Gasteiger partial charge on any atom is -0.385 e. The van der Waals surface area contributed by atoms with Crippen molar-refractivity contribution in [2.24, 2.45) is 5.41 Å². The van der Waals surface area contributed by atoms with Crippen LogP contribution in [0.15, 0.2) is 54.6 Å². The van der Waals surface area contributed by atoms with E-state index in [0.717, 1.165) is 5.52 Å². The van der Waals surface area contributed by atoms with Crippen LogP contribution in [0.5, 0.6) is 0 Å². The predicted molar refractivity (Wildman–Crippen MR) is 103 cm³/mol. The largest absolute Gasteiger partial charge is 0.385 e. The number of hydrogen-bond donors (Lipinski definition) is 3. The van der Waals surface area contributed by atoms with Crippen LogP contribution in [0.3, 0.4) is 0 Å². The van der Waals surface area contributed by atoms with E-state index in [2.05, 4.69) is 15.3 Å². The molecule has 6 rings (SSSR count). The van der Waals surface area contributed by atoms with Gasteiger partial charge in [0.2, 0.25) is 5.91 Å². The number of aromatic nitrogens is 2. The number of carbonyl (C=O) groups excluding carboxylic acids is 1. The standard InChI is InChI=1S/C22H21F2N3O2/c23-22(24)20(11-21(22,12-20)14-6-2-1-3-7-14)13-25-18(29)10-17(28)19-26-15-8-4-5-9-16(15)27-19/h1-9,17,28H,10-13H2,(H,25,29)(H,26,27). The summed E-state index contributed by atoms with van der Waals surface area (Å²) in [6.07, 6.45) is -0.621. The number of amides is 1. The Hall–Kier alpha value is -2.80. The predicted octanol–water partition coefficient (Wildman–Crippen LogP) is 3.47. The molecule has 0 saturated heterocycles. The number of para-hydroxylation sites is 2. The maximum Gasteiger partial charge on any atom is 0.264 e. The third-order valence-electron chi connectivity index (χ3n) is 6.60. The first kappa shape index (κ1) is 18.2. The summed E-state index contributed by atoms with van der Waals surface area (Å²) >= 11 is 0. The number of hydrogen-bond acceptors (Lipinski definition) is 3. The number of rotatable bonds is 6. The van der Waals surface area contributed by atoms with Gasteiger partial charge in [0.25, 0.3) is 5.92 Å². The Balaban J connectivity index is 1.20. The van der Waals surface area contributed by atoms with Crippen molar-refractivity contribution >= 4 is 16.9 Å². The van der Waals surface area contributed by atoms with Crippen LogP contribution >= 0.6 is 0 Å². The molecule has 3 aromatic rings. The Bertz CT molecular complexity index is 1040. The molecular weight excluding hydrogens is 376 g/mol. The second-order valence-corrected chi connectivity index (χ2v) is 8.29. The van der Waals surface area contributed by atoms with Crippen LogP contribution in [0.4, 0.5) is 8.78 Å². The lowest BCUT2D eigenvalue weighted by Crippen LogP contribution is -2.83. The molecule has 1 amide bonds. The van der Waals surface area contributed by atoms with Gasteiger partial charge in [-0.2, -0.15) is 0 Å². The Labute approximate surface area is 166 Å². The number of nitrogens with one attached hydrogen (secondary N) is 2. The zero-order valence-corrected chi connectivity index (χ0v) is 15.7. The van der Waals surface area contributed by atoms with Crippen LogP contribution in [-0.4, -0.2) is 33.4 Å². The van der Waals surface area contributed by atoms with E-state index >= 15 is 0 Å². The van der Waals surface area contributed by atoms with E-state index in [-0.39, 0.29) is 13.0 Å². The van der Waals surface area contributed by atoms with Crippen molar-refractivity contribution < 1.29 is 18.7 Å². The molecule has 1 heterocycles. The van der Waals surface area contributed by atoms with Crippen molar-refractivity contribution in [3.8, 4) is 0 Å². The molecule has 0 radical (unpaired) electrons. The molecule has 1 atom stereocenters. The summed E-state index contributed by atoms with van der Waals surface area (Å²) in [5.41, 5.74) is -0.142. The van der Waals surface area contributed by atoms with Gasteiger partial charge < -0.3 is 15.4 Å². The van der Waals surface area contributed by atoms with Crippen LogP contribution in [0.1, 0.15) is 36.8 Å². The highest BCUT2D eigenvalue weighted by atomic mass is 19.3. The first-order chi connectivity index (χ1) is 13.9. The molecule has 2 bridgehead atoms. The van der Waals surface area contributed by atoms with E-state index in [1.807, 2.05) is 24.3 Å². The zero-order chi connectivity index (χ0) is 20.3. The summed E-state index contributed by atoms with van der Waals surface area (Å²) in [5.74, 6) is -3.01. The second-order valence-electron chi connectivity index (χ2n) is 8.29. The van der Waals surface area contributed by atoms with Crippen molar-refractivity contribution in [3.05, 3.63) is 66.0 Å². The number of fused-ring (bicyclic) bond motifs is 1. The third-order valence-corrected chi connectivity index (χ3v) is 6.60. The highest BCUT2D eigenvalue weighted by Crippen LogP contribution is 2.81. The van der Waals surface area contributed by atoms with Crippen LogP contribution in [-0.2, 0) is 10.2 Å². The van der Waals surface area contributed by atoms with Crippen molar-refractivity contribution in [3.63, 3.8) is 0 Å². The molecule has 0 aliphatic heterocycles. The zero-order valence-electron chi connectivity index (χ0n) is 15.7. The van der Waals surface area contributed by atoms with Crippen molar-refractivity contribution in [1.29, 1.82) is 0 Å². The molecule has 3 saturated carbocycles. The third kappa shape index (κ3) is 2.46. The summed E-state index contributed by atoms with van der Waals surface area (Å²) in [5, 5.41) is 12.9. The number of benzene rings is 2. The molecule has 29 heavy (non-hydrogen) atoms. The van der Waals surface area contributed by atoms with Gasteiger partial charge in [-0.05, 0) is 30.5 Å². The summed E-state index contributed by atoms with van der Waals surface area (Å²) in [7, 11) is 0. The van der Waals surface area contributed by atoms with Gasteiger partial charge in [-0.25, -0.2) is 13.8 Å². The van der Waals surface area contributed by atoms with Crippen LogP contribution in [0.2, 0.25) is 0 Å². The van der Waals surface area contributed by atoms with E-state index in [1.165, 1.54) is 0 Å². The highest BCUT2D eigenvalue weighted by molar-refractivity contribution is 5.78. The Morgan fingerprint density at radius 3 is 2.52 bits per heavy atom. The molecule has 1 aromatic heterocycles. The van der Waals surface area contributed by atoms with Crippen LogP contribution in [0, 0.1) is 5.41 Å². The molecule has 5 nitrogen and oxygen atoms in total. The molecule has 3 fully saturated rings. The molecule has 0 spiro atoms. The fourth-order valence-electron chi connectivity index (χ4n) is 4.96. The first-order valence-electron chi connectivity index (χ1n) is 9.70. The van der Waals surface area contributed by atoms with Gasteiger partial charge in [0.05, 0.1) is 28.3 Å². The lowest BCUT2D eigenvalue weighted by molar-refractivity contribution is -0.367. The maximum absolute atomic E-state index is 14.9. The lowest BCUT2D eigenvalue weighted by Gasteiger charge is -2.75. The van der Waals surface area contributed by atoms with Gasteiger partial charge in [0.1, 0.15) is 11.9 Å². The first-order valence-corrected chi connectivity index (χ1v) is 9.70. The van der Waals surface area contributed by atoms with E-state index in [4.69, 9.17) is 0 Å². The van der Waals surface area contributed by atoms with E-state index in [1.54, 1.807) is 30.3 Å². The van der Waals surface area contributed by atoms with Gasteiger partial charge in [0.15, 0.2) is 0 Å². The maximum atomic E-state index is 14.9. The van der Waals surface area contributed by atoms with Gasteiger partial charge in [-0.3, -0.25) is 4.79 Å². The average molecular weight is 397 g/mol. The van der Waals surface area contributed by atoms with E-state index in [9.17, 15) is 18.7 Å². The minimum atomic E-state index is -2.84. The molecule has 2 aromatic carbocycles. The summed E-state index contributed by atoms with van der Waals surface area (Å²) in [6, 6.07) is 16.2. The summed E-state index contributed by atoms with van der Waals surface area (Å²) < 4.78 is 29.7. The fraction of sp³-hybridized carbons (Fsp3) is 0.364. The number of carbonyl (C=O) groups is 1. The Morgan fingerprint density at radius 1 is 1.14 bits per heavy atom. The SMILES string of the molecule is O=C(CC(O)c1nc2ccccc2[nH]1)NCC12CC(c3ccccc3)(C1)C2(F)F. The number of aromatic amines is 1. The number of H-pyrrole nitrogens is 1. The fourth-order valence-corrected chi connectivity index (χ4v) is 4.96. The number of aliphatic hydroxyl groups is 1. The van der Waals surface area contributed by atoms with Gasteiger partial charge >= 0.3 is 0 Å². The average Bonchev–Trinajstić information content (AvgIpc) is 3.12. The van der Waals surface area contributed by atoms with Gasteiger partial charge in [-0.15, -0.1) is 0 Å². The monoisotopic (exact) mass is 397 g/mol. The number of nitrogens with zero attached hydrogens (tertiary/aromatic N) is 1. The van der Waals surface area contributed by atoms with Crippen molar-refractivity contribution in [2.45, 2.75) is 36.7 Å². The molecule has 3 aliphatic rings. The highest BCUT2D eigenvalue weighted by Gasteiger charge is 2.88. The number of imidazole rings is 1. The van der Waals surface area contributed by atoms with Crippen molar-refractivity contribution in [2.75, 3.05) is 6.54 Å². The topological polar surface area (TPSA) is 78.0 Å². The normalized spacial score (nSPS) is 27.7. The molecular formula is C22H21F2N3O2. The Kier molecular flexibility index (Phi) is 3.84. The molecule has 150 valence electrons. The quantitative estimate of drug-likeness (QED) is 0.596. The van der Waals surface area contributed by atoms with Gasteiger partial charge in [-0.1, -0.05) is 42.5 Å². The summed E-state index contributed by atoms with van der Waals surface area (Å²) in [6.45, 7) is -0.0831. The smallest absolute Gasteiger partial charge is 0.264 e. The molecule has 3 N–H and O–H groups in total. The second kappa shape index (κ2) is 6.10. The minimum absolute atomic E-state index is 0.0831. The Morgan fingerprint density at radius 2 is 1.83 bits per heavy atom. The van der Waals surface area contributed by atoms with E-state index in [0.29, 0.717) is 29.7 Å². The molecule has 3 aliphatic carbocycles. The van der Waals surface area contributed by atoms with Crippen LogP contribution in [0.25, 0.3) is 11.0 Å². The number of aliphatic hydroxyl groups excluding tert-OH is 1. The van der Waals surface area contributed by atoms with Gasteiger partial charge in [0, 0.05) is 6.54 Å². The summed E-state index contributed by atoms with van der Waals surface area (Å²) in [4.78, 5) is 19.5. The number of alkyl halides is 2. The lowest BCUT2D eigenvalue weighted by atomic mass is 9.30. The van der Waals surface area contributed by atoms with E-state index < -0.39 is 28.8 Å². The van der Waals surface area contributed by atoms with Crippen molar-refractivity contribution in [1.82, 2.24) is 15.3 Å².